The highest BCUT2D eigenvalue weighted by Crippen LogP contribution is 2.43. The molecule has 0 saturated heterocycles. The maximum Gasteiger partial charge on any atom is 0.472 e. The zero-order valence-corrected chi connectivity index (χ0v) is 52.2. The normalized spacial score (nSPS) is 13.8. The van der Waals surface area contributed by atoms with Crippen molar-refractivity contribution >= 4 is 19.7 Å². The first-order valence-electron chi connectivity index (χ1n) is 32.8. The Bertz CT molecular complexity index is 1400. The van der Waals surface area contributed by atoms with Gasteiger partial charge in [0.2, 0.25) is 5.91 Å². The van der Waals surface area contributed by atoms with Gasteiger partial charge in [0.1, 0.15) is 19.3 Å². The summed E-state index contributed by atoms with van der Waals surface area (Å²) in [6.07, 6.45) is 68.6. The zero-order chi connectivity index (χ0) is 55.7. The second-order valence-electron chi connectivity index (χ2n) is 23.6. The van der Waals surface area contributed by atoms with Crippen LogP contribution in [0.15, 0.2) is 36.5 Å². The van der Waals surface area contributed by atoms with Crippen molar-refractivity contribution in [2.24, 2.45) is 0 Å². The van der Waals surface area contributed by atoms with E-state index in [1.165, 1.54) is 205 Å². The molecule has 3 unspecified atom stereocenters. The van der Waals surface area contributed by atoms with Crippen LogP contribution >= 0.6 is 7.82 Å². The highest BCUT2D eigenvalue weighted by molar-refractivity contribution is 7.47. The molecule has 3 atom stereocenters. The van der Waals surface area contributed by atoms with Crippen LogP contribution in [0.4, 0.5) is 0 Å². The highest BCUT2D eigenvalue weighted by Gasteiger charge is 2.30. The Morgan fingerprint density at radius 1 is 0.474 bits per heavy atom. The van der Waals surface area contributed by atoms with E-state index in [1.807, 2.05) is 33.3 Å². The second-order valence-corrected chi connectivity index (χ2v) is 25.1. The van der Waals surface area contributed by atoms with Gasteiger partial charge in [-0.05, 0) is 57.4 Å². The smallest absolute Gasteiger partial charge is 0.456 e. The molecule has 448 valence electrons. The summed E-state index contributed by atoms with van der Waals surface area (Å²) < 4.78 is 30.7. The zero-order valence-electron chi connectivity index (χ0n) is 51.3. The Morgan fingerprint density at radius 2 is 0.842 bits per heavy atom. The van der Waals surface area contributed by atoms with Crippen LogP contribution in [0, 0.1) is 0 Å². The monoisotopic (exact) mass is 1090 g/mol. The SMILES string of the molecule is CC/C=C/C/C=C/CCCCCCCCCC(=O)OC(/C=C\CCCCCCCCCCCCC)C(COP(=O)(O)OCC[N+](C)(C)C)NC(=O)CCCCCCCCCCCCCCCCCCCCCCCCC. The lowest BCUT2D eigenvalue weighted by atomic mass is 10.0. The molecule has 0 aliphatic carbocycles. The van der Waals surface area contributed by atoms with E-state index in [9.17, 15) is 19.0 Å². The van der Waals surface area contributed by atoms with Crippen molar-refractivity contribution in [2.45, 2.75) is 335 Å². The number of quaternary nitrogens is 1. The Balaban J connectivity index is 5.12. The topological polar surface area (TPSA) is 111 Å². The van der Waals surface area contributed by atoms with Crippen LogP contribution < -0.4 is 5.32 Å². The number of ether oxygens (including phenoxy) is 1. The fourth-order valence-electron chi connectivity index (χ4n) is 9.80. The second kappa shape index (κ2) is 56.5. The summed E-state index contributed by atoms with van der Waals surface area (Å²) in [5, 5.41) is 3.07. The maximum atomic E-state index is 13.6. The molecule has 0 fully saturated rings. The van der Waals surface area contributed by atoms with Crippen molar-refractivity contribution in [1.29, 1.82) is 0 Å². The summed E-state index contributed by atoms with van der Waals surface area (Å²) in [6, 6.07) is -0.848. The lowest BCUT2D eigenvalue weighted by Gasteiger charge is -2.27. The molecule has 0 aliphatic heterocycles. The molecule has 9 nitrogen and oxygen atoms in total. The first-order chi connectivity index (χ1) is 36.9. The Hall–Kier alpha value is -1.77. The van der Waals surface area contributed by atoms with E-state index in [4.69, 9.17) is 13.8 Å². The molecule has 0 spiro atoms. The van der Waals surface area contributed by atoms with E-state index in [1.54, 1.807) is 0 Å². The lowest BCUT2D eigenvalue weighted by molar-refractivity contribution is -0.870. The third-order valence-corrected chi connectivity index (χ3v) is 15.8. The summed E-state index contributed by atoms with van der Waals surface area (Å²) in [7, 11) is 1.50. The van der Waals surface area contributed by atoms with Crippen LogP contribution in [0.2, 0.25) is 0 Å². The molecule has 0 aromatic rings. The van der Waals surface area contributed by atoms with Gasteiger partial charge in [0, 0.05) is 12.8 Å². The molecule has 0 bridgehead atoms. The average molecular weight is 1090 g/mol. The molecule has 0 saturated carbocycles. The van der Waals surface area contributed by atoms with E-state index in [-0.39, 0.29) is 31.5 Å². The van der Waals surface area contributed by atoms with Crippen molar-refractivity contribution in [2.75, 3.05) is 40.9 Å². The molecule has 0 rings (SSSR count). The van der Waals surface area contributed by atoms with Gasteiger partial charge in [-0.2, -0.15) is 0 Å². The van der Waals surface area contributed by atoms with Gasteiger partial charge in [-0.1, -0.05) is 289 Å². The number of carbonyl (C=O) groups excluding carboxylic acids is 2. The quantitative estimate of drug-likeness (QED) is 0.0205. The van der Waals surface area contributed by atoms with Crippen LogP contribution in [-0.2, 0) is 27.9 Å². The predicted molar refractivity (Wildman–Crippen MR) is 328 cm³/mol. The van der Waals surface area contributed by atoms with Crippen molar-refractivity contribution < 1.29 is 37.3 Å². The number of phosphoric acid groups is 1. The van der Waals surface area contributed by atoms with Gasteiger partial charge in [0.25, 0.3) is 0 Å². The van der Waals surface area contributed by atoms with Gasteiger partial charge in [-0.25, -0.2) is 4.57 Å². The third-order valence-electron chi connectivity index (χ3n) is 14.8. The molecule has 2 N–H and O–H groups in total. The van der Waals surface area contributed by atoms with E-state index in [0.717, 1.165) is 83.5 Å². The third kappa shape index (κ3) is 56.9. The summed E-state index contributed by atoms with van der Waals surface area (Å²) in [4.78, 5) is 37.7. The van der Waals surface area contributed by atoms with Gasteiger partial charge in [0.05, 0.1) is 33.8 Å². The largest absolute Gasteiger partial charge is 0.472 e. The van der Waals surface area contributed by atoms with Crippen molar-refractivity contribution in [1.82, 2.24) is 5.32 Å². The first-order valence-corrected chi connectivity index (χ1v) is 34.3. The van der Waals surface area contributed by atoms with Crippen LogP contribution in [-0.4, -0.2) is 74.3 Å². The number of esters is 1. The standard InChI is InChI=1S/C66H127N2O7P/c1-7-10-13-16-19-22-25-28-30-31-32-33-34-35-36-37-38-40-43-46-49-52-55-58-65(69)67-63(62-74-76(71,72)73-61-60-68(4,5)6)64(57-54-51-48-45-42-39-27-24-21-18-15-12-9-3)75-66(70)59-56-53-50-47-44-41-29-26-23-20-17-14-11-8-2/h11,14,20,23,54,57,63-64H,7-10,12-13,15-19,21-22,24-53,55-56,58-62H2,1-6H3,(H-,67,69,71,72)/p+1/b14-11+,23-20+,57-54-. The number of hydrogen-bond donors (Lipinski definition) is 2. The predicted octanol–water partition coefficient (Wildman–Crippen LogP) is 20.3. The number of allylic oxidation sites excluding steroid dienone is 5. The van der Waals surface area contributed by atoms with Crippen LogP contribution in [0.5, 0.6) is 0 Å². The number of unbranched alkanes of at least 4 members (excludes halogenated alkanes) is 40. The molecular formula is C66H128N2O7P+. The average Bonchev–Trinajstić information content (AvgIpc) is 3.38. The summed E-state index contributed by atoms with van der Waals surface area (Å²) in [5.74, 6) is -0.499. The van der Waals surface area contributed by atoms with E-state index < -0.39 is 20.0 Å². The maximum absolute atomic E-state index is 13.6. The fraction of sp³-hybridized carbons (Fsp3) is 0.879. The number of nitrogens with zero attached hydrogens (tertiary/aromatic N) is 1. The van der Waals surface area contributed by atoms with Gasteiger partial charge in [-0.15, -0.1) is 0 Å². The van der Waals surface area contributed by atoms with Crippen molar-refractivity contribution in [3.05, 3.63) is 36.5 Å². The van der Waals surface area contributed by atoms with E-state index >= 15 is 0 Å². The lowest BCUT2D eigenvalue weighted by Crippen LogP contribution is -2.47. The van der Waals surface area contributed by atoms with E-state index in [2.05, 4.69) is 50.4 Å². The summed E-state index contributed by atoms with van der Waals surface area (Å²) in [6.45, 7) is 6.95. The highest BCUT2D eigenvalue weighted by atomic mass is 31.2. The van der Waals surface area contributed by atoms with E-state index in [0.29, 0.717) is 17.4 Å². The number of carbonyl (C=O) groups is 2. The molecule has 0 aliphatic rings. The molecule has 10 heteroatoms. The van der Waals surface area contributed by atoms with Crippen molar-refractivity contribution in [3.8, 4) is 0 Å². The molecule has 0 aromatic heterocycles. The number of nitrogens with one attached hydrogen (secondary N) is 1. The Labute approximate surface area is 472 Å². The number of hydrogen-bond acceptors (Lipinski definition) is 6. The summed E-state index contributed by atoms with van der Waals surface area (Å²) >= 11 is 0. The Kier molecular flexibility index (Phi) is 55.2. The van der Waals surface area contributed by atoms with Crippen LogP contribution in [0.3, 0.4) is 0 Å². The minimum absolute atomic E-state index is 0.0413. The van der Waals surface area contributed by atoms with Crippen LogP contribution in [0.1, 0.15) is 323 Å². The first kappa shape index (κ1) is 74.2. The van der Waals surface area contributed by atoms with Gasteiger partial charge >= 0.3 is 13.8 Å². The Morgan fingerprint density at radius 3 is 1.25 bits per heavy atom. The number of likely N-dealkylation sites (N-methyl/N-ethyl adjacent to an activating group) is 1. The van der Waals surface area contributed by atoms with Crippen molar-refractivity contribution in [3.63, 3.8) is 0 Å². The molecule has 1 amide bonds. The molecule has 0 radical (unpaired) electrons. The van der Waals surface area contributed by atoms with Crippen LogP contribution in [0.25, 0.3) is 0 Å². The summed E-state index contributed by atoms with van der Waals surface area (Å²) in [5.41, 5.74) is 0. The number of amides is 1. The molecule has 0 heterocycles. The minimum atomic E-state index is -4.45. The molecular weight excluding hydrogens is 964 g/mol. The molecule has 0 aromatic carbocycles. The van der Waals surface area contributed by atoms with Gasteiger partial charge in [-0.3, -0.25) is 18.6 Å². The number of rotatable bonds is 60. The number of phosphoric ester groups is 1. The molecule has 76 heavy (non-hydrogen) atoms. The van der Waals surface area contributed by atoms with Gasteiger partial charge in [0.15, 0.2) is 0 Å². The fourth-order valence-corrected chi connectivity index (χ4v) is 10.5. The van der Waals surface area contributed by atoms with Gasteiger partial charge < -0.3 is 19.4 Å². The minimum Gasteiger partial charge on any atom is -0.456 e.